The molecule has 0 unspecified atom stereocenters. The molecule has 19 heavy (non-hydrogen) atoms. The van der Waals surface area contributed by atoms with Crippen molar-refractivity contribution >= 4 is 49.5 Å². The van der Waals surface area contributed by atoms with E-state index in [4.69, 9.17) is 9.84 Å². The van der Waals surface area contributed by atoms with Crippen molar-refractivity contribution in [3.63, 3.8) is 0 Å². The van der Waals surface area contributed by atoms with Crippen LogP contribution in [0.4, 0.5) is 5.69 Å². The number of nitrogens with one attached hydrogen (secondary N) is 1. The van der Waals surface area contributed by atoms with Crippen LogP contribution in [0, 0.1) is 0 Å². The van der Waals surface area contributed by atoms with Crippen molar-refractivity contribution in [1.29, 1.82) is 0 Å². The number of hydrogen-bond acceptors (Lipinski definition) is 4. The predicted octanol–water partition coefficient (Wildman–Crippen LogP) is 2.74. The van der Waals surface area contributed by atoms with Crippen LogP contribution in [0.1, 0.15) is 17.9 Å². The van der Waals surface area contributed by atoms with Crippen LogP contribution in [0.5, 0.6) is 0 Å². The van der Waals surface area contributed by atoms with Crippen molar-refractivity contribution < 1.29 is 19.4 Å². The van der Waals surface area contributed by atoms with Gasteiger partial charge in [0.05, 0.1) is 13.0 Å². The Morgan fingerprint density at radius 2 is 2.11 bits per heavy atom. The summed E-state index contributed by atoms with van der Waals surface area (Å²) in [6, 6.07) is 2.76. The van der Waals surface area contributed by atoms with E-state index in [9.17, 15) is 9.59 Å². The third-order valence-corrected chi connectivity index (χ3v) is 4.14. The first-order valence-corrected chi connectivity index (χ1v) is 7.08. The molecule has 1 aromatic carbocycles. The van der Waals surface area contributed by atoms with E-state index in [1.54, 1.807) is 6.07 Å². The highest BCUT2D eigenvalue weighted by Gasteiger charge is 2.36. The lowest BCUT2D eigenvalue weighted by molar-refractivity contribution is -0.143. The number of ether oxygens (including phenoxy) is 1. The van der Waals surface area contributed by atoms with Crippen molar-refractivity contribution in [2.45, 2.75) is 18.4 Å². The number of carbonyl (C=O) groups is 2. The number of aliphatic carboxylic acids is 1. The van der Waals surface area contributed by atoms with Crippen LogP contribution < -0.4 is 5.32 Å². The van der Waals surface area contributed by atoms with Crippen molar-refractivity contribution in [2.24, 2.45) is 0 Å². The van der Waals surface area contributed by atoms with Crippen molar-refractivity contribution in [2.75, 3.05) is 12.4 Å². The summed E-state index contributed by atoms with van der Waals surface area (Å²) in [5.41, 5.74) is 1.35. The Morgan fingerprint density at radius 1 is 1.42 bits per heavy atom. The molecule has 0 saturated heterocycles. The smallest absolute Gasteiger partial charge is 0.326 e. The zero-order valence-corrected chi connectivity index (χ0v) is 13.1. The molecule has 1 heterocycles. The normalized spacial score (nSPS) is 21.2. The van der Waals surface area contributed by atoms with Gasteiger partial charge in [-0.3, -0.25) is 4.79 Å². The topological polar surface area (TPSA) is 75.6 Å². The molecule has 1 aliphatic heterocycles. The summed E-state index contributed by atoms with van der Waals surface area (Å²) < 4.78 is 6.30. The van der Waals surface area contributed by atoms with E-state index in [0.717, 1.165) is 14.5 Å². The lowest BCUT2D eigenvalue weighted by Gasteiger charge is -2.30. The predicted molar refractivity (Wildman–Crippen MR) is 76.3 cm³/mol. The molecule has 7 heteroatoms. The maximum atomic E-state index is 11.9. The quantitative estimate of drug-likeness (QED) is 0.757. The SMILES string of the molecule is COC(=O)[C@H]1C[C@@H](C(=O)O)Nc2cc(Br)cc(Br)c21. The van der Waals surface area contributed by atoms with Gasteiger partial charge in [0.2, 0.25) is 0 Å². The number of carboxylic acid groups (broad SMARTS) is 1. The molecule has 102 valence electrons. The number of fused-ring (bicyclic) bond motifs is 1. The molecule has 0 bridgehead atoms. The second-order valence-corrected chi connectivity index (χ2v) is 5.97. The summed E-state index contributed by atoms with van der Waals surface area (Å²) in [5, 5.41) is 12.1. The van der Waals surface area contributed by atoms with Crippen LogP contribution in [0.25, 0.3) is 0 Å². The van der Waals surface area contributed by atoms with Gasteiger partial charge in [-0.05, 0) is 18.6 Å². The number of halogens is 2. The Kier molecular flexibility index (Phi) is 4.15. The minimum Gasteiger partial charge on any atom is -0.480 e. The van der Waals surface area contributed by atoms with Crippen LogP contribution in [0.15, 0.2) is 21.1 Å². The van der Waals surface area contributed by atoms with Gasteiger partial charge in [-0.15, -0.1) is 0 Å². The second-order valence-electron chi connectivity index (χ2n) is 4.20. The Hall–Kier alpha value is -1.08. The van der Waals surface area contributed by atoms with Crippen LogP contribution in [-0.4, -0.2) is 30.2 Å². The number of carboxylic acids is 1. The van der Waals surface area contributed by atoms with Gasteiger partial charge in [-0.2, -0.15) is 0 Å². The Bertz CT molecular complexity index is 547. The molecule has 2 atom stereocenters. The first-order valence-electron chi connectivity index (χ1n) is 5.50. The molecule has 0 saturated carbocycles. The van der Waals surface area contributed by atoms with Crippen molar-refractivity contribution in [3.8, 4) is 0 Å². The molecule has 1 aromatic rings. The fourth-order valence-electron chi connectivity index (χ4n) is 2.18. The van der Waals surface area contributed by atoms with Gasteiger partial charge < -0.3 is 15.2 Å². The molecule has 0 radical (unpaired) electrons. The van der Waals surface area contributed by atoms with Crippen LogP contribution in [0.3, 0.4) is 0 Å². The third-order valence-electron chi connectivity index (χ3n) is 3.03. The zero-order valence-electron chi connectivity index (χ0n) is 9.94. The monoisotopic (exact) mass is 391 g/mol. The molecular weight excluding hydrogens is 382 g/mol. The third kappa shape index (κ3) is 2.76. The number of methoxy groups -OCH3 is 1. The molecule has 1 aliphatic rings. The standard InChI is InChI=1S/C12H11Br2NO4/c1-19-12(18)6-4-9(11(16)17)15-8-3-5(13)2-7(14)10(6)8/h2-3,6,9,15H,4H2,1H3,(H,16,17)/t6-,9-/m0/s1. The van der Waals surface area contributed by atoms with E-state index in [0.29, 0.717) is 5.69 Å². The number of rotatable bonds is 2. The van der Waals surface area contributed by atoms with Crippen LogP contribution in [0.2, 0.25) is 0 Å². The van der Waals surface area contributed by atoms with Gasteiger partial charge in [-0.25, -0.2) is 4.79 Å². The number of hydrogen-bond donors (Lipinski definition) is 2. The van der Waals surface area contributed by atoms with E-state index in [1.165, 1.54) is 7.11 Å². The maximum Gasteiger partial charge on any atom is 0.326 e. The summed E-state index contributed by atoms with van der Waals surface area (Å²) in [7, 11) is 1.30. The summed E-state index contributed by atoms with van der Waals surface area (Å²) >= 11 is 6.74. The van der Waals surface area contributed by atoms with Crippen molar-refractivity contribution in [1.82, 2.24) is 0 Å². The molecule has 2 N–H and O–H groups in total. The minimum atomic E-state index is -0.990. The highest BCUT2D eigenvalue weighted by Crippen LogP contribution is 2.41. The maximum absolute atomic E-state index is 11.9. The van der Waals surface area contributed by atoms with E-state index >= 15 is 0 Å². The average molecular weight is 393 g/mol. The molecule has 0 amide bonds. The van der Waals surface area contributed by atoms with Gasteiger partial charge in [-0.1, -0.05) is 31.9 Å². The van der Waals surface area contributed by atoms with Crippen LogP contribution >= 0.6 is 31.9 Å². The summed E-state index contributed by atoms with van der Waals surface area (Å²) in [4.78, 5) is 23.0. The van der Waals surface area contributed by atoms with Gasteiger partial charge >= 0.3 is 11.9 Å². The number of benzene rings is 1. The number of anilines is 1. The van der Waals surface area contributed by atoms with Gasteiger partial charge in [0.25, 0.3) is 0 Å². The first-order chi connectivity index (χ1) is 8.93. The Balaban J connectivity index is 2.53. The molecule has 0 aromatic heterocycles. The van der Waals surface area contributed by atoms with Crippen molar-refractivity contribution in [3.05, 3.63) is 26.6 Å². The average Bonchev–Trinajstić information content (AvgIpc) is 2.35. The summed E-state index contributed by atoms with van der Waals surface area (Å²) in [5.74, 6) is -2.02. The van der Waals surface area contributed by atoms with E-state index < -0.39 is 23.9 Å². The minimum absolute atomic E-state index is 0.162. The number of carbonyl (C=O) groups excluding carboxylic acids is 1. The molecule has 0 aliphatic carbocycles. The fraction of sp³-hybridized carbons (Fsp3) is 0.333. The first kappa shape index (κ1) is 14.3. The van der Waals surface area contributed by atoms with E-state index in [-0.39, 0.29) is 6.42 Å². The Morgan fingerprint density at radius 3 is 2.68 bits per heavy atom. The summed E-state index contributed by atoms with van der Waals surface area (Å²) in [6.07, 6.45) is 0.162. The largest absolute Gasteiger partial charge is 0.480 e. The highest BCUT2D eigenvalue weighted by atomic mass is 79.9. The summed E-state index contributed by atoms with van der Waals surface area (Å²) in [6.45, 7) is 0. The molecular formula is C12H11Br2NO4. The van der Waals surface area contributed by atoms with Gasteiger partial charge in [0.1, 0.15) is 6.04 Å². The zero-order chi connectivity index (χ0) is 14.2. The number of esters is 1. The van der Waals surface area contributed by atoms with E-state index in [1.807, 2.05) is 6.07 Å². The fourth-order valence-corrected chi connectivity index (χ4v) is 3.68. The van der Waals surface area contributed by atoms with E-state index in [2.05, 4.69) is 37.2 Å². The molecule has 5 nitrogen and oxygen atoms in total. The highest BCUT2D eigenvalue weighted by molar-refractivity contribution is 9.11. The molecule has 2 rings (SSSR count). The lowest BCUT2D eigenvalue weighted by atomic mass is 9.87. The second kappa shape index (κ2) is 5.50. The van der Waals surface area contributed by atoms with Gasteiger partial charge in [0.15, 0.2) is 0 Å². The molecule has 0 spiro atoms. The van der Waals surface area contributed by atoms with Gasteiger partial charge in [0, 0.05) is 20.2 Å². The Labute approximate surface area is 126 Å². The lowest BCUT2D eigenvalue weighted by Crippen LogP contribution is -2.37. The molecule has 0 fully saturated rings. The van der Waals surface area contributed by atoms with Crippen LogP contribution in [-0.2, 0) is 14.3 Å².